The molecule has 23 heavy (non-hydrogen) atoms. The van der Waals surface area contributed by atoms with Gasteiger partial charge in [0.1, 0.15) is 6.04 Å². The Morgan fingerprint density at radius 3 is 2.70 bits per heavy atom. The summed E-state index contributed by atoms with van der Waals surface area (Å²) in [6, 6.07) is -0.973. The molecule has 2 aromatic rings. The van der Waals surface area contributed by atoms with Crippen molar-refractivity contribution in [3.8, 4) is 0 Å². The van der Waals surface area contributed by atoms with E-state index in [0.29, 0.717) is 12.1 Å². The minimum absolute atomic E-state index is 0.173. The third kappa shape index (κ3) is 4.18. The van der Waals surface area contributed by atoms with Gasteiger partial charge in [-0.2, -0.15) is 5.10 Å². The first-order chi connectivity index (χ1) is 10.9. The molecule has 3 N–H and O–H groups in total. The monoisotopic (exact) mass is 319 g/mol. The lowest BCUT2D eigenvalue weighted by molar-refractivity contribution is -0.141. The summed E-state index contributed by atoms with van der Waals surface area (Å²) < 4.78 is 1.78. The van der Waals surface area contributed by atoms with Crippen LogP contribution < -0.4 is 5.32 Å². The van der Waals surface area contributed by atoms with Gasteiger partial charge in [0.05, 0.1) is 12.0 Å². The van der Waals surface area contributed by atoms with Crippen LogP contribution in [0, 0.1) is 13.8 Å². The molecule has 2 rings (SSSR count). The molecule has 0 aliphatic heterocycles. The van der Waals surface area contributed by atoms with Crippen LogP contribution in [0.3, 0.4) is 0 Å². The Labute approximate surface area is 133 Å². The molecule has 8 nitrogen and oxygen atoms in total. The second-order valence-corrected chi connectivity index (χ2v) is 5.51. The molecule has 2 heterocycles. The standard InChI is InChI=1S/C15H21N5O3/c1-9-12(10(2)20(3)19-9)4-5-14(21)18-13(15(22)23)6-11-7-16-8-17-11/h7-8,13H,4-6H2,1-3H3,(H,16,17)(H,18,21)(H,22,23)/t13-/m0/s1. The smallest absolute Gasteiger partial charge is 0.326 e. The van der Waals surface area contributed by atoms with Crippen molar-refractivity contribution in [2.45, 2.75) is 39.2 Å². The quantitative estimate of drug-likeness (QED) is 0.688. The minimum atomic E-state index is -1.07. The number of carboxylic acid groups (broad SMARTS) is 1. The molecule has 8 heteroatoms. The Morgan fingerprint density at radius 1 is 1.43 bits per heavy atom. The van der Waals surface area contributed by atoms with E-state index in [1.165, 1.54) is 6.33 Å². The van der Waals surface area contributed by atoms with E-state index in [2.05, 4.69) is 20.4 Å². The molecule has 0 saturated carbocycles. The highest BCUT2D eigenvalue weighted by molar-refractivity contribution is 5.83. The third-order valence-electron chi connectivity index (χ3n) is 3.87. The second kappa shape index (κ2) is 7.08. The fourth-order valence-electron chi connectivity index (χ4n) is 2.50. The van der Waals surface area contributed by atoms with Gasteiger partial charge in [-0.1, -0.05) is 0 Å². The molecular weight excluding hydrogens is 298 g/mol. The lowest BCUT2D eigenvalue weighted by atomic mass is 10.1. The first-order valence-corrected chi connectivity index (χ1v) is 7.37. The predicted molar refractivity (Wildman–Crippen MR) is 82.9 cm³/mol. The Morgan fingerprint density at radius 2 is 2.17 bits per heavy atom. The summed E-state index contributed by atoms with van der Waals surface area (Å²) in [7, 11) is 1.86. The number of amides is 1. The van der Waals surface area contributed by atoms with Gasteiger partial charge >= 0.3 is 5.97 Å². The molecule has 0 radical (unpaired) electrons. The van der Waals surface area contributed by atoms with Crippen LogP contribution in [0.2, 0.25) is 0 Å². The summed E-state index contributed by atoms with van der Waals surface area (Å²) in [5.74, 6) is -1.36. The van der Waals surface area contributed by atoms with Crippen LogP contribution in [0.1, 0.15) is 29.1 Å². The van der Waals surface area contributed by atoms with Crippen molar-refractivity contribution >= 4 is 11.9 Å². The number of hydrogen-bond donors (Lipinski definition) is 3. The second-order valence-electron chi connectivity index (χ2n) is 5.51. The average molecular weight is 319 g/mol. The maximum Gasteiger partial charge on any atom is 0.326 e. The highest BCUT2D eigenvalue weighted by Gasteiger charge is 2.21. The van der Waals surface area contributed by atoms with E-state index in [1.54, 1.807) is 10.9 Å². The minimum Gasteiger partial charge on any atom is -0.480 e. The van der Waals surface area contributed by atoms with Gasteiger partial charge in [-0.05, 0) is 25.8 Å². The van der Waals surface area contributed by atoms with Gasteiger partial charge in [0.25, 0.3) is 0 Å². The predicted octanol–water partition coefficient (Wildman–Crippen LogP) is 0.505. The first-order valence-electron chi connectivity index (χ1n) is 7.37. The number of carboxylic acids is 1. The Hall–Kier alpha value is -2.64. The lowest BCUT2D eigenvalue weighted by Gasteiger charge is -2.13. The van der Waals surface area contributed by atoms with E-state index >= 15 is 0 Å². The van der Waals surface area contributed by atoms with E-state index in [-0.39, 0.29) is 18.7 Å². The van der Waals surface area contributed by atoms with Crippen molar-refractivity contribution in [1.29, 1.82) is 0 Å². The van der Waals surface area contributed by atoms with Crippen molar-refractivity contribution in [3.05, 3.63) is 35.2 Å². The molecule has 0 aliphatic rings. The lowest BCUT2D eigenvalue weighted by Crippen LogP contribution is -2.42. The maximum atomic E-state index is 12.1. The molecule has 0 aliphatic carbocycles. The molecule has 0 bridgehead atoms. The largest absolute Gasteiger partial charge is 0.480 e. The fraction of sp³-hybridized carbons (Fsp3) is 0.467. The number of carbonyl (C=O) groups excluding carboxylic acids is 1. The van der Waals surface area contributed by atoms with E-state index in [0.717, 1.165) is 17.0 Å². The van der Waals surface area contributed by atoms with Gasteiger partial charge in [0, 0.05) is 37.5 Å². The molecule has 0 saturated heterocycles. The molecule has 124 valence electrons. The van der Waals surface area contributed by atoms with Crippen LogP contribution in [0.25, 0.3) is 0 Å². The molecule has 0 aromatic carbocycles. The van der Waals surface area contributed by atoms with Crippen LogP contribution in [0.5, 0.6) is 0 Å². The number of imidazole rings is 1. The topological polar surface area (TPSA) is 113 Å². The maximum absolute atomic E-state index is 12.1. The average Bonchev–Trinajstić information content (AvgIpc) is 3.06. The summed E-state index contributed by atoms with van der Waals surface area (Å²) in [5.41, 5.74) is 3.60. The number of hydrogen-bond acceptors (Lipinski definition) is 4. The third-order valence-corrected chi connectivity index (χ3v) is 3.87. The van der Waals surface area contributed by atoms with Gasteiger partial charge in [-0.15, -0.1) is 0 Å². The molecular formula is C15H21N5O3. The molecule has 2 aromatic heterocycles. The summed E-state index contributed by atoms with van der Waals surface area (Å²) in [5, 5.41) is 16.1. The van der Waals surface area contributed by atoms with E-state index in [4.69, 9.17) is 0 Å². The van der Waals surface area contributed by atoms with Crippen LogP contribution in [-0.2, 0) is 29.5 Å². The number of nitrogens with one attached hydrogen (secondary N) is 2. The molecule has 1 amide bonds. The van der Waals surface area contributed by atoms with Crippen LogP contribution in [-0.4, -0.2) is 42.8 Å². The van der Waals surface area contributed by atoms with E-state index in [9.17, 15) is 14.7 Å². The first kappa shape index (κ1) is 16.7. The number of nitrogens with zero attached hydrogens (tertiary/aromatic N) is 3. The zero-order valence-corrected chi connectivity index (χ0v) is 13.5. The Kier molecular flexibility index (Phi) is 5.15. The Balaban J connectivity index is 1.93. The van der Waals surface area contributed by atoms with Crippen LogP contribution in [0.15, 0.2) is 12.5 Å². The highest BCUT2D eigenvalue weighted by Crippen LogP contribution is 2.14. The van der Waals surface area contributed by atoms with Crippen LogP contribution >= 0.6 is 0 Å². The summed E-state index contributed by atoms with van der Waals surface area (Å²) >= 11 is 0. The van der Waals surface area contributed by atoms with E-state index < -0.39 is 12.0 Å². The van der Waals surface area contributed by atoms with E-state index in [1.807, 2.05) is 20.9 Å². The van der Waals surface area contributed by atoms with Gasteiger partial charge in [0.2, 0.25) is 5.91 Å². The number of carbonyl (C=O) groups is 2. The number of aliphatic carboxylic acids is 1. The van der Waals surface area contributed by atoms with Crippen molar-refractivity contribution in [3.63, 3.8) is 0 Å². The van der Waals surface area contributed by atoms with Gasteiger partial charge < -0.3 is 15.4 Å². The molecule has 1 atom stereocenters. The number of aromatic nitrogens is 4. The molecule has 0 spiro atoms. The normalized spacial score (nSPS) is 12.1. The Bertz CT molecular complexity index is 690. The van der Waals surface area contributed by atoms with Crippen molar-refractivity contribution < 1.29 is 14.7 Å². The number of H-pyrrole nitrogens is 1. The summed E-state index contributed by atoms with van der Waals surface area (Å²) in [6.07, 6.45) is 3.95. The SMILES string of the molecule is Cc1nn(C)c(C)c1CCC(=O)N[C@@H](Cc1cnc[nH]1)C(=O)O. The summed E-state index contributed by atoms with van der Waals surface area (Å²) in [6.45, 7) is 3.85. The van der Waals surface area contributed by atoms with Crippen molar-refractivity contribution in [2.75, 3.05) is 0 Å². The molecule has 0 fully saturated rings. The number of aromatic amines is 1. The zero-order chi connectivity index (χ0) is 17.0. The van der Waals surface area contributed by atoms with Gasteiger partial charge in [0.15, 0.2) is 0 Å². The summed E-state index contributed by atoms with van der Waals surface area (Å²) in [4.78, 5) is 30.0. The van der Waals surface area contributed by atoms with Crippen molar-refractivity contribution in [2.24, 2.45) is 7.05 Å². The number of aryl methyl sites for hydroxylation is 2. The fourth-order valence-corrected chi connectivity index (χ4v) is 2.50. The van der Waals surface area contributed by atoms with Crippen molar-refractivity contribution in [1.82, 2.24) is 25.1 Å². The zero-order valence-electron chi connectivity index (χ0n) is 13.5. The van der Waals surface area contributed by atoms with Gasteiger partial charge in [-0.3, -0.25) is 9.48 Å². The van der Waals surface area contributed by atoms with Gasteiger partial charge in [-0.25, -0.2) is 9.78 Å². The molecule has 0 unspecified atom stereocenters. The highest BCUT2D eigenvalue weighted by atomic mass is 16.4. The van der Waals surface area contributed by atoms with Crippen LogP contribution in [0.4, 0.5) is 0 Å². The number of rotatable bonds is 7.